The molecule has 5 heteroatoms. The highest BCUT2D eigenvalue weighted by Gasteiger charge is 2.42. The van der Waals surface area contributed by atoms with Crippen LogP contribution < -0.4 is 0 Å². The first kappa shape index (κ1) is 22.1. The predicted molar refractivity (Wildman–Crippen MR) is 146 cm³/mol. The van der Waals surface area contributed by atoms with Gasteiger partial charge in [0.25, 0.3) is 0 Å². The second-order valence-electron chi connectivity index (χ2n) is 8.79. The highest BCUT2D eigenvalue weighted by Crippen LogP contribution is 2.44. The first-order valence-electron chi connectivity index (χ1n) is 11.9. The van der Waals surface area contributed by atoms with Gasteiger partial charge in [0.2, 0.25) is 0 Å². The van der Waals surface area contributed by atoms with Gasteiger partial charge in [-0.2, -0.15) is 11.3 Å². The van der Waals surface area contributed by atoms with Gasteiger partial charge in [-0.15, -0.1) is 5.10 Å². The Morgan fingerprint density at radius 3 is 1.64 bits per heavy atom. The molecule has 4 nitrogen and oxygen atoms in total. The largest absolute Gasteiger partial charge is 0.205 e. The quantitative estimate of drug-likeness (QED) is 0.235. The SMILES string of the molecule is Cc1ccc(-c2cscc2-c2nnnn2C(c2ccccc2)(c2ccccc2)c2ccccc2)cc1. The summed E-state index contributed by atoms with van der Waals surface area (Å²) in [6.45, 7) is 2.10. The van der Waals surface area contributed by atoms with E-state index in [4.69, 9.17) is 0 Å². The van der Waals surface area contributed by atoms with E-state index < -0.39 is 5.54 Å². The lowest BCUT2D eigenvalue weighted by Gasteiger charge is -2.36. The lowest BCUT2D eigenvalue weighted by atomic mass is 9.77. The number of aromatic nitrogens is 4. The fraction of sp³-hybridized carbons (Fsp3) is 0.0645. The van der Waals surface area contributed by atoms with Gasteiger partial charge < -0.3 is 0 Å². The van der Waals surface area contributed by atoms with Gasteiger partial charge in [-0.3, -0.25) is 0 Å². The molecule has 174 valence electrons. The minimum atomic E-state index is -0.769. The zero-order chi connectivity index (χ0) is 24.4. The normalized spacial score (nSPS) is 11.5. The lowest BCUT2D eigenvalue weighted by Crippen LogP contribution is -2.39. The number of hydrogen-bond acceptors (Lipinski definition) is 4. The molecule has 0 amide bonds. The van der Waals surface area contributed by atoms with E-state index in [1.54, 1.807) is 11.3 Å². The summed E-state index contributed by atoms with van der Waals surface area (Å²) >= 11 is 1.66. The third-order valence-electron chi connectivity index (χ3n) is 6.63. The summed E-state index contributed by atoms with van der Waals surface area (Å²) in [6, 6.07) is 40.1. The van der Waals surface area contributed by atoms with Crippen molar-refractivity contribution in [2.75, 3.05) is 0 Å². The van der Waals surface area contributed by atoms with E-state index in [1.165, 1.54) is 5.56 Å². The molecule has 0 atom stereocenters. The minimum absolute atomic E-state index is 0.725. The van der Waals surface area contributed by atoms with E-state index in [0.717, 1.165) is 39.2 Å². The summed E-state index contributed by atoms with van der Waals surface area (Å²) in [5.41, 5.74) is 7.01. The fourth-order valence-corrected chi connectivity index (χ4v) is 5.75. The first-order valence-corrected chi connectivity index (χ1v) is 12.8. The zero-order valence-corrected chi connectivity index (χ0v) is 20.6. The topological polar surface area (TPSA) is 43.6 Å². The third-order valence-corrected chi connectivity index (χ3v) is 7.37. The molecule has 4 aromatic carbocycles. The smallest absolute Gasteiger partial charge is 0.185 e. The van der Waals surface area contributed by atoms with E-state index in [-0.39, 0.29) is 0 Å². The summed E-state index contributed by atoms with van der Waals surface area (Å²) < 4.78 is 1.99. The van der Waals surface area contributed by atoms with Crippen LogP contribution in [0.15, 0.2) is 126 Å². The maximum atomic E-state index is 4.68. The van der Waals surface area contributed by atoms with E-state index in [0.29, 0.717) is 0 Å². The van der Waals surface area contributed by atoms with Gasteiger partial charge in [0.05, 0.1) is 0 Å². The number of rotatable bonds is 6. The Labute approximate surface area is 214 Å². The third kappa shape index (κ3) is 3.65. The number of tetrazole rings is 1. The van der Waals surface area contributed by atoms with Crippen LogP contribution in [0, 0.1) is 6.92 Å². The van der Waals surface area contributed by atoms with Crippen LogP contribution in [0.2, 0.25) is 0 Å². The predicted octanol–water partition coefficient (Wildman–Crippen LogP) is 7.22. The average Bonchev–Trinajstić information content (AvgIpc) is 3.62. The van der Waals surface area contributed by atoms with Crippen molar-refractivity contribution in [1.29, 1.82) is 0 Å². The molecule has 0 bridgehead atoms. The Kier molecular flexibility index (Phi) is 5.76. The molecule has 0 saturated heterocycles. The van der Waals surface area contributed by atoms with Crippen molar-refractivity contribution in [1.82, 2.24) is 20.2 Å². The monoisotopic (exact) mass is 484 g/mol. The highest BCUT2D eigenvalue weighted by molar-refractivity contribution is 7.08. The number of hydrogen-bond donors (Lipinski definition) is 0. The maximum absolute atomic E-state index is 4.68. The number of aryl methyl sites for hydroxylation is 1. The molecule has 2 aromatic heterocycles. The first-order chi connectivity index (χ1) is 17.8. The van der Waals surface area contributed by atoms with Crippen LogP contribution in [0.1, 0.15) is 22.3 Å². The van der Waals surface area contributed by atoms with Gasteiger partial charge in [0.1, 0.15) is 5.54 Å². The molecule has 2 heterocycles. The van der Waals surface area contributed by atoms with Crippen molar-refractivity contribution in [3.05, 3.63) is 148 Å². The lowest BCUT2D eigenvalue weighted by molar-refractivity contribution is 0.451. The van der Waals surface area contributed by atoms with Gasteiger partial charge >= 0.3 is 0 Å². The molecule has 6 aromatic rings. The molecule has 0 aliphatic carbocycles. The van der Waals surface area contributed by atoms with Crippen molar-refractivity contribution in [2.24, 2.45) is 0 Å². The summed E-state index contributed by atoms with van der Waals surface area (Å²) in [4.78, 5) is 0. The van der Waals surface area contributed by atoms with E-state index in [9.17, 15) is 0 Å². The molecular weight excluding hydrogens is 460 g/mol. The Morgan fingerprint density at radius 1 is 0.611 bits per heavy atom. The Balaban J connectivity index is 1.67. The van der Waals surface area contributed by atoms with E-state index in [2.05, 4.69) is 130 Å². The molecule has 6 rings (SSSR count). The van der Waals surface area contributed by atoms with Crippen molar-refractivity contribution >= 4 is 11.3 Å². The van der Waals surface area contributed by atoms with Gasteiger partial charge in [0, 0.05) is 16.5 Å². The number of nitrogens with zero attached hydrogens (tertiary/aromatic N) is 4. The van der Waals surface area contributed by atoms with Gasteiger partial charge in [-0.1, -0.05) is 121 Å². The molecule has 0 fully saturated rings. The van der Waals surface area contributed by atoms with Crippen LogP contribution in [0.3, 0.4) is 0 Å². The molecule has 0 unspecified atom stereocenters. The van der Waals surface area contributed by atoms with Crippen LogP contribution in [0.4, 0.5) is 0 Å². The summed E-state index contributed by atoms with van der Waals surface area (Å²) in [7, 11) is 0. The summed E-state index contributed by atoms with van der Waals surface area (Å²) in [5, 5.41) is 17.9. The Morgan fingerprint density at radius 2 is 1.11 bits per heavy atom. The molecule has 36 heavy (non-hydrogen) atoms. The molecular formula is C31H24N4S. The molecule has 0 aliphatic rings. The molecule has 0 aliphatic heterocycles. The number of benzene rings is 4. The van der Waals surface area contributed by atoms with Crippen LogP contribution in [0.5, 0.6) is 0 Å². The van der Waals surface area contributed by atoms with Crippen LogP contribution in [0.25, 0.3) is 22.5 Å². The van der Waals surface area contributed by atoms with E-state index >= 15 is 0 Å². The second-order valence-corrected chi connectivity index (χ2v) is 9.53. The van der Waals surface area contributed by atoms with Gasteiger partial charge in [-0.05, 0) is 45.0 Å². The fourth-order valence-electron chi connectivity index (χ4n) is 4.91. The Bertz CT molecular complexity index is 1470. The molecule has 0 spiro atoms. The van der Waals surface area contributed by atoms with Crippen LogP contribution in [-0.4, -0.2) is 20.2 Å². The second kappa shape index (κ2) is 9.36. The van der Waals surface area contributed by atoms with Crippen molar-refractivity contribution < 1.29 is 0 Å². The zero-order valence-electron chi connectivity index (χ0n) is 19.8. The molecule has 0 N–H and O–H groups in total. The van der Waals surface area contributed by atoms with Crippen molar-refractivity contribution in [3.63, 3.8) is 0 Å². The average molecular weight is 485 g/mol. The van der Waals surface area contributed by atoms with Crippen molar-refractivity contribution in [2.45, 2.75) is 12.5 Å². The van der Waals surface area contributed by atoms with Crippen LogP contribution >= 0.6 is 11.3 Å². The molecule has 0 radical (unpaired) electrons. The minimum Gasteiger partial charge on any atom is -0.205 e. The summed E-state index contributed by atoms with van der Waals surface area (Å²) in [6.07, 6.45) is 0. The van der Waals surface area contributed by atoms with Gasteiger partial charge in [-0.25, -0.2) is 4.68 Å². The summed E-state index contributed by atoms with van der Waals surface area (Å²) in [5.74, 6) is 0.725. The highest BCUT2D eigenvalue weighted by atomic mass is 32.1. The van der Waals surface area contributed by atoms with Gasteiger partial charge in [0.15, 0.2) is 5.82 Å². The Hall–Kier alpha value is -4.35. The van der Waals surface area contributed by atoms with Crippen molar-refractivity contribution in [3.8, 4) is 22.5 Å². The van der Waals surface area contributed by atoms with Crippen LogP contribution in [-0.2, 0) is 5.54 Å². The maximum Gasteiger partial charge on any atom is 0.185 e. The molecule has 0 saturated carbocycles. The van der Waals surface area contributed by atoms with E-state index in [1.807, 2.05) is 22.9 Å². The standard InChI is InChI=1S/C31H24N4S/c1-23-17-19-24(20-18-23)28-21-36-22-29(28)30-32-33-34-35(30)31(25-11-5-2-6-12-25,26-13-7-3-8-14-26)27-15-9-4-10-16-27/h2-22H,1H3. The number of thiophene rings is 1.